The lowest BCUT2D eigenvalue weighted by Crippen LogP contribution is -2.18. The van der Waals surface area contributed by atoms with Gasteiger partial charge in [0.15, 0.2) is 0 Å². The van der Waals surface area contributed by atoms with Crippen molar-refractivity contribution >= 4 is 5.91 Å². The van der Waals surface area contributed by atoms with Crippen molar-refractivity contribution in [2.45, 2.75) is 46.1 Å². The number of rotatable bonds is 3. The van der Waals surface area contributed by atoms with Crippen molar-refractivity contribution in [1.82, 2.24) is 0 Å². The number of benzene rings is 1. The summed E-state index contributed by atoms with van der Waals surface area (Å²) in [5.74, 6) is 0.104. The van der Waals surface area contributed by atoms with Gasteiger partial charge in [0, 0.05) is 0 Å². The Morgan fingerprint density at radius 2 is 1.88 bits per heavy atom. The van der Waals surface area contributed by atoms with Crippen LogP contribution >= 0.6 is 0 Å². The Kier molecular flexibility index (Phi) is 3.81. The number of amides is 1. The van der Waals surface area contributed by atoms with Crippen LogP contribution in [0.3, 0.4) is 0 Å². The molecule has 0 unspecified atom stereocenters. The molecule has 0 aliphatic carbocycles. The predicted molar refractivity (Wildman–Crippen MR) is 69.4 cm³/mol. The summed E-state index contributed by atoms with van der Waals surface area (Å²) in [6, 6.07) is 5.62. The summed E-state index contributed by atoms with van der Waals surface area (Å²) in [4.78, 5) is 11.4. The van der Waals surface area contributed by atoms with E-state index in [9.17, 15) is 4.79 Å². The fraction of sp³-hybridized carbons (Fsp3) is 0.500. The molecule has 0 aromatic heterocycles. The van der Waals surface area contributed by atoms with Crippen molar-refractivity contribution in [2.24, 2.45) is 5.73 Å². The number of carbonyl (C=O) groups is 1. The van der Waals surface area contributed by atoms with Crippen LogP contribution in [0.5, 0.6) is 5.75 Å². The lowest BCUT2D eigenvalue weighted by molar-refractivity contribution is 0.0994. The molecule has 17 heavy (non-hydrogen) atoms. The van der Waals surface area contributed by atoms with E-state index in [1.54, 1.807) is 0 Å². The minimum Gasteiger partial charge on any atom is -0.490 e. The Morgan fingerprint density at radius 3 is 2.29 bits per heavy atom. The molecule has 0 aliphatic rings. The molecule has 0 heterocycles. The Morgan fingerprint density at radius 1 is 1.29 bits per heavy atom. The van der Waals surface area contributed by atoms with Crippen LogP contribution in [0.4, 0.5) is 0 Å². The number of primary amides is 1. The van der Waals surface area contributed by atoms with Crippen LogP contribution in [0.15, 0.2) is 18.2 Å². The second-order valence-electron chi connectivity index (χ2n) is 5.49. The molecule has 3 nitrogen and oxygen atoms in total. The molecule has 0 atom stereocenters. The molecule has 3 heteroatoms. The molecule has 1 aromatic carbocycles. The first kappa shape index (κ1) is 13.6. The van der Waals surface area contributed by atoms with Gasteiger partial charge in [-0.3, -0.25) is 4.79 Å². The lowest BCUT2D eigenvalue weighted by Gasteiger charge is -2.21. The van der Waals surface area contributed by atoms with Crippen molar-refractivity contribution in [1.29, 1.82) is 0 Å². The van der Waals surface area contributed by atoms with Crippen LogP contribution in [0.1, 0.15) is 50.5 Å². The number of hydrogen-bond acceptors (Lipinski definition) is 2. The summed E-state index contributed by atoms with van der Waals surface area (Å²) in [6.45, 7) is 10.1. The highest BCUT2D eigenvalue weighted by molar-refractivity contribution is 5.95. The molecule has 0 spiro atoms. The predicted octanol–water partition coefficient (Wildman–Crippen LogP) is 2.87. The monoisotopic (exact) mass is 235 g/mol. The van der Waals surface area contributed by atoms with E-state index in [1.165, 1.54) is 0 Å². The van der Waals surface area contributed by atoms with Gasteiger partial charge < -0.3 is 10.5 Å². The van der Waals surface area contributed by atoms with Gasteiger partial charge in [-0.25, -0.2) is 0 Å². The standard InChI is InChI=1S/C14H21NO2/c1-9(2)17-12-7-6-10(14(3,4)5)8-11(12)13(15)16/h6-9H,1-5H3,(H2,15,16). The van der Waals surface area contributed by atoms with E-state index in [1.807, 2.05) is 32.0 Å². The Bertz CT molecular complexity index is 417. The fourth-order valence-electron chi connectivity index (χ4n) is 1.55. The molecule has 94 valence electrons. The molecular weight excluding hydrogens is 214 g/mol. The zero-order chi connectivity index (χ0) is 13.2. The Labute approximate surface area is 103 Å². The molecule has 0 fully saturated rings. The third kappa shape index (κ3) is 3.48. The molecule has 0 bridgehead atoms. The zero-order valence-electron chi connectivity index (χ0n) is 11.2. The van der Waals surface area contributed by atoms with E-state index in [4.69, 9.17) is 10.5 Å². The summed E-state index contributed by atoms with van der Waals surface area (Å²) in [7, 11) is 0. The average Bonchev–Trinajstić information content (AvgIpc) is 2.15. The first-order valence-electron chi connectivity index (χ1n) is 5.83. The summed E-state index contributed by atoms with van der Waals surface area (Å²) in [5.41, 5.74) is 6.89. The Hall–Kier alpha value is -1.51. The molecule has 2 N–H and O–H groups in total. The van der Waals surface area contributed by atoms with Crippen molar-refractivity contribution in [3.63, 3.8) is 0 Å². The summed E-state index contributed by atoms with van der Waals surface area (Å²) in [6.07, 6.45) is 0.0218. The smallest absolute Gasteiger partial charge is 0.252 e. The SMILES string of the molecule is CC(C)Oc1ccc(C(C)(C)C)cc1C(N)=O. The van der Waals surface area contributed by atoms with E-state index in [0.29, 0.717) is 11.3 Å². The molecule has 1 rings (SSSR count). The van der Waals surface area contributed by atoms with Crippen LogP contribution in [0, 0.1) is 0 Å². The Balaban J connectivity index is 3.22. The third-order valence-electron chi connectivity index (χ3n) is 2.47. The molecule has 0 saturated heterocycles. The van der Waals surface area contributed by atoms with Gasteiger partial charge >= 0.3 is 0 Å². The van der Waals surface area contributed by atoms with E-state index >= 15 is 0 Å². The van der Waals surface area contributed by atoms with Crippen LogP contribution < -0.4 is 10.5 Å². The maximum Gasteiger partial charge on any atom is 0.252 e. The first-order chi connectivity index (χ1) is 7.71. The van der Waals surface area contributed by atoms with Crippen LogP contribution in [-0.2, 0) is 5.41 Å². The number of carbonyl (C=O) groups excluding carboxylic acids is 1. The van der Waals surface area contributed by atoms with Gasteiger partial charge in [0.2, 0.25) is 0 Å². The van der Waals surface area contributed by atoms with Gasteiger partial charge in [0.25, 0.3) is 5.91 Å². The minimum atomic E-state index is -0.452. The number of hydrogen-bond donors (Lipinski definition) is 1. The van der Waals surface area contributed by atoms with Crippen molar-refractivity contribution < 1.29 is 9.53 Å². The summed E-state index contributed by atoms with van der Waals surface area (Å²) in [5, 5.41) is 0. The summed E-state index contributed by atoms with van der Waals surface area (Å²) < 4.78 is 5.57. The van der Waals surface area contributed by atoms with Gasteiger partial charge in [-0.15, -0.1) is 0 Å². The van der Waals surface area contributed by atoms with E-state index < -0.39 is 5.91 Å². The highest BCUT2D eigenvalue weighted by Gasteiger charge is 2.18. The molecule has 1 aromatic rings. The third-order valence-corrected chi connectivity index (χ3v) is 2.47. The van der Waals surface area contributed by atoms with Gasteiger partial charge in [-0.05, 0) is 37.0 Å². The van der Waals surface area contributed by atoms with Crippen molar-refractivity contribution in [2.75, 3.05) is 0 Å². The lowest BCUT2D eigenvalue weighted by atomic mass is 9.86. The normalized spacial score (nSPS) is 11.6. The molecule has 1 amide bonds. The van der Waals surface area contributed by atoms with Crippen LogP contribution in [0.2, 0.25) is 0 Å². The second kappa shape index (κ2) is 4.78. The first-order valence-corrected chi connectivity index (χ1v) is 5.83. The highest BCUT2D eigenvalue weighted by Crippen LogP contribution is 2.28. The highest BCUT2D eigenvalue weighted by atomic mass is 16.5. The maximum absolute atomic E-state index is 11.4. The minimum absolute atomic E-state index is 0.0133. The topological polar surface area (TPSA) is 52.3 Å². The van der Waals surface area contributed by atoms with Crippen LogP contribution in [-0.4, -0.2) is 12.0 Å². The maximum atomic E-state index is 11.4. The molecule has 0 aliphatic heterocycles. The molecular formula is C14H21NO2. The quantitative estimate of drug-likeness (QED) is 0.875. The number of nitrogens with two attached hydrogens (primary N) is 1. The van der Waals surface area contributed by atoms with Crippen LogP contribution in [0.25, 0.3) is 0 Å². The number of ether oxygens (including phenoxy) is 1. The van der Waals surface area contributed by atoms with Crippen molar-refractivity contribution in [3.05, 3.63) is 29.3 Å². The fourth-order valence-corrected chi connectivity index (χ4v) is 1.55. The van der Waals surface area contributed by atoms with Gasteiger partial charge in [-0.1, -0.05) is 26.8 Å². The molecule has 0 saturated carbocycles. The second-order valence-corrected chi connectivity index (χ2v) is 5.49. The summed E-state index contributed by atoms with van der Waals surface area (Å²) >= 11 is 0. The van der Waals surface area contributed by atoms with E-state index in [2.05, 4.69) is 20.8 Å². The zero-order valence-corrected chi connectivity index (χ0v) is 11.2. The van der Waals surface area contributed by atoms with Gasteiger partial charge in [0.05, 0.1) is 11.7 Å². The van der Waals surface area contributed by atoms with Crippen molar-refractivity contribution in [3.8, 4) is 5.75 Å². The van der Waals surface area contributed by atoms with Gasteiger partial charge in [0.1, 0.15) is 5.75 Å². The average molecular weight is 235 g/mol. The van der Waals surface area contributed by atoms with Gasteiger partial charge in [-0.2, -0.15) is 0 Å². The van der Waals surface area contributed by atoms with E-state index in [0.717, 1.165) is 5.56 Å². The van der Waals surface area contributed by atoms with E-state index in [-0.39, 0.29) is 11.5 Å². The molecule has 0 radical (unpaired) electrons. The largest absolute Gasteiger partial charge is 0.490 e.